The summed E-state index contributed by atoms with van der Waals surface area (Å²) >= 11 is 1.48. The number of hydrogen-bond acceptors (Lipinski definition) is 7. The smallest absolute Gasteiger partial charge is 0.335 e. The first-order valence-electron chi connectivity index (χ1n) is 7.98. The maximum atomic E-state index is 10.8. The number of nitrogens with one attached hydrogen (secondary N) is 1. The first-order valence-corrected chi connectivity index (χ1v) is 8.86. The molecule has 2 N–H and O–H groups in total. The molecule has 0 aliphatic rings. The van der Waals surface area contributed by atoms with E-state index in [1.807, 2.05) is 29.6 Å². The average molecular weight is 383 g/mol. The van der Waals surface area contributed by atoms with Crippen LogP contribution >= 0.6 is 11.3 Å². The van der Waals surface area contributed by atoms with Crippen LogP contribution in [0, 0.1) is 0 Å². The highest BCUT2D eigenvalue weighted by atomic mass is 32.1. The summed E-state index contributed by atoms with van der Waals surface area (Å²) in [7, 11) is 1.62. The van der Waals surface area contributed by atoms with Gasteiger partial charge in [-0.05, 0) is 48.5 Å². The second kappa shape index (κ2) is 8.81. The number of carboxylic acids is 1. The van der Waals surface area contributed by atoms with Crippen LogP contribution in [0.4, 0.5) is 5.69 Å². The minimum absolute atomic E-state index is 0.227. The molecule has 138 valence electrons. The third kappa shape index (κ3) is 5.29. The van der Waals surface area contributed by atoms with Crippen LogP contribution in [-0.4, -0.2) is 29.4 Å². The van der Waals surface area contributed by atoms with Gasteiger partial charge in [0, 0.05) is 5.38 Å². The van der Waals surface area contributed by atoms with Crippen molar-refractivity contribution in [2.45, 2.75) is 6.61 Å². The lowest BCUT2D eigenvalue weighted by atomic mass is 10.2. The normalized spacial score (nSPS) is 10.7. The predicted octanol–water partition coefficient (Wildman–Crippen LogP) is 3.87. The lowest BCUT2D eigenvalue weighted by Crippen LogP contribution is -1.97. The van der Waals surface area contributed by atoms with E-state index in [-0.39, 0.29) is 5.56 Å². The minimum Gasteiger partial charge on any atom is -0.497 e. The Hall–Kier alpha value is -3.39. The van der Waals surface area contributed by atoms with Gasteiger partial charge >= 0.3 is 5.97 Å². The first kappa shape index (κ1) is 18.4. The molecular formula is C19H17N3O4S. The van der Waals surface area contributed by atoms with Crippen molar-refractivity contribution in [2.24, 2.45) is 5.10 Å². The second-order valence-corrected chi connectivity index (χ2v) is 6.33. The van der Waals surface area contributed by atoms with Crippen LogP contribution in [0.2, 0.25) is 0 Å². The van der Waals surface area contributed by atoms with Crippen molar-refractivity contribution < 1.29 is 19.4 Å². The maximum absolute atomic E-state index is 10.8. The molecule has 0 fully saturated rings. The molecular weight excluding hydrogens is 366 g/mol. The standard InChI is InChI=1S/C19H17N3O4S/c1-25-16-6-8-17(9-7-16)26-11-18-21-15(12-27-18)10-20-22-14-4-2-13(3-5-14)19(23)24/h2-10,12,22H,11H2,1H3,(H,23,24)/b20-10+. The molecule has 0 atom stereocenters. The van der Waals surface area contributed by atoms with Crippen LogP contribution in [0.15, 0.2) is 59.0 Å². The number of ether oxygens (including phenoxy) is 2. The van der Waals surface area contributed by atoms with Gasteiger partial charge in [0.05, 0.1) is 30.3 Å². The highest BCUT2D eigenvalue weighted by molar-refractivity contribution is 7.09. The van der Waals surface area contributed by atoms with Gasteiger partial charge in [0.2, 0.25) is 0 Å². The second-order valence-electron chi connectivity index (χ2n) is 5.38. The molecule has 27 heavy (non-hydrogen) atoms. The number of nitrogens with zero attached hydrogens (tertiary/aromatic N) is 2. The van der Waals surface area contributed by atoms with Crippen LogP contribution in [0.3, 0.4) is 0 Å². The highest BCUT2D eigenvalue weighted by Crippen LogP contribution is 2.19. The van der Waals surface area contributed by atoms with E-state index in [0.29, 0.717) is 18.0 Å². The van der Waals surface area contributed by atoms with E-state index in [9.17, 15) is 4.79 Å². The molecule has 1 aromatic heterocycles. The van der Waals surface area contributed by atoms with E-state index in [1.165, 1.54) is 23.5 Å². The Balaban J connectivity index is 1.50. The Morgan fingerprint density at radius 2 is 1.89 bits per heavy atom. The lowest BCUT2D eigenvalue weighted by molar-refractivity contribution is 0.0697. The van der Waals surface area contributed by atoms with E-state index in [4.69, 9.17) is 14.6 Å². The summed E-state index contributed by atoms with van der Waals surface area (Å²) in [4.78, 5) is 15.2. The third-order valence-corrected chi connectivity index (χ3v) is 4.35. The molecule has 0 radical (unpaired) electrons. The summed E-state index contributed by atoms with van der Waals surface area (Å²) in [6, 6.07) is 13.7. The zero-order valence-corrected chi connectivity index (χ0v) is 15.3. The molecule has 0 saturated carbocycles. The Morgan fingerprint density at radius 3 is 2.56 bits per heavy atom. The summed E-state index contributed by atoms with van der Waals surface area (Å²) in [5.41, 5.74) is 4.46. The average Bonchev–Trinajstić information content (AvgIpc) is 3.15. The monoisotopic (exact) mass is 383 g/mol. The van der Waals surface area contributed by atoms with Gasteiger partial charge in [0.1, 0.15) is 23.1 Å². The zero-order chi connectivity index (χ0) is 19.1. The number of carbonyl (C=O) groups is 1. The molecule has 3 aromatic rings. The van der Waals surface area contributed by atoms with Gasteiger partial charge in [-0.3, -0.25) is 5.43 Å². The van der Waals surface area contributed by atoms with Crippen LogP contribution < -0.4 is 14.9 Å². The molecule has 2 aromatic carbocycles. The van der Waals surface area contributed by atoms with Crippen molar-refractivity contribution in [1.29, 1.82) is 0 Å². The van der Waals surface area contributed by atoms with Crippen molar-refractivity contribution in [2.75, 3.05) is 12.5 Å². The summed E-state index contributed by atoms with van der Waals surface area (Å²) in [6.07, 6.45) is 1.60. The number of benzene rings is 2. The molecule has 3 rings (SSSR count). The van der Waals surface area contributed by atoms with Gasteiger partial charge in [-0.2, -0.15) is 5.10 Å². The van der Waals surface area contributed by atoms with E-state index in [2.05, 4.69) is 15.5 Å². The van der Waals surface area contributed by atoms with Crippen molar-refractivity contribution in [1.82, 2.24) is 4.98 Å². The van der Waals surface area contributed by atoms with Crippen molar-refractivity contribution in [3.8, 4) is 11.5 Å². The summed E-state index contributed by atoms with van der Waals surface area (Å²) < 4.78 is 10.8. The fourth-order valence-electron chi connectivity index (χ4n) is 2.13. The third-order valence-electron chi connectivity index (χ3n) is 3.51. The van der Waals surface area contributed by atoms with Crippen molar-refractivity contribution in [3.05, 3.63) is 70.2 Å². The SMILES string of the molecule is COc1ccc(OCc2nc(/C=N/Nc3ccc(C(=O)O)cc3)cs2)cc1. The van der Waals surface area contributed by atoms with E-state index < -0.39 is 5.97 Å². The molecule has 0 spiro atoms. The quantitative estimate of drug-likeness (QED) is 0.453. The number of methoxy groups -OCH3 is 1. The van der Waals surface area contributed by atoms with Gasteiger partial charge in [-0.25, -0.2) is 9.78 Å². The number of thiazole rings is 1. The molecule has 0 aliphatic carbocycles. The van der Waals surface area contributed by atoms with Crippen LogP contribution in [0.25, 0.3) is 0 Å². The zero-order valence-electron chi connectivity index (χ0n) is 14.5. The summed E-state index contributed by atoms with van der Waals surface area (Å²) in [5, 5.41) is 15.7. The minimum atomic E-state index is -0.961. The molecule has 0 bridgehead atoms. The largest absolute Gasteiger partial charge is 0.497 e. The molecule has 7 nitrogen and oxygen atoms in total. The number of rotatable bonds is 8. The van der Waals surface area contributed by atoms with Gasteiger partial charge in [-0.1, -0.05) is 0 Å². The fraction of sp³-hybridized carbons (Fsp3) is 0.105. The Bertz CT molecular complexity index is 921. The van der Waals surface area contributed by atoms with Gasteiger partial charge in [-0.15, -0.1) is 11.3 Å². The molecule has 0 saturated heterocycles. The van der Waals surface area contributed by atoms with E-state index >= 15 is 0 Å². The number of hydrogen-bond donors (Lipinski definition) is 2. The van der Waals surface area contributed by atoms with Crippen LogP contribution in [0.5, 0.6) is 11.5 Å². The molecule has 0 unspecified atom stereocenters. The van der Waals surface area contributed by atoms with Crippen LogP contribution in [0.1, 0.15) is 21.1 Å². The Labute approximate surface area is 159 Å². The number of anilines is 1. The topological polar surface area (TPSA) is 93.0 Å². The van der Waals surface area contributed by atoms with E-state index in [0.717, 1.165) is 16.5 Å². The predicted molar refractivity (Wildman–Crippen MR) is 104 cm³/mol. The van der Waals surface area contributed by atoms with E-state index in [1.54, 1.807) is 25.5 Å². The van der Waals surface area contributed by atoms with Crippen LogP contribution in [-0.2, 0) is 6.61 Å². The highest BCUT2D eigenvalue weighted by Gasteiger charge is 2.03. The molecule has 1 heterocycles. The summed E-state index contributed by atoms with van der Waals surface area (Å²) in [6.45, 7) is 0.370. The molecule has 8 heteroatoms. The van der Waals surface area contributed by atoms with Crippen molar-refractivity contribution in [3.63, 3.8) is 0 Å². The number of aromatic carboxylic acids is 1. The van der Waals surface area contributed by atoms with Gasteiger partial charge < -0.3 is 14.6 Å². The molecule has 0 amide bonds. The van der Waals surface area contributed by atoms with Gasteiger partial charge in [0.25, 0.3) is 0 Å². The maximum Gasteiger partial charge on any atom is 0.335 e. The van der Waals surface area contributed by atoms with Crippen molar-refractivity contribution >= 4 is 29.2 Å². The first-order chi connectivity index (χ1) is 13.1. The molecule has 0 aliphatic heterocycles. The fourth-order valence-corrected chi connectivity index (χ4v) is 2.78. The number of aromatic nitrogens is 1. The number of carboxylic acid groups (broad SMARTS) is 1. The Morgan fingerprint density at radius 1 is 1.19 bits per heavy atom. The lowest BCUT2D eigenvalue weighted by Gasteiger charge is -2.04. The number of hydrazone groups is 1. The summed E-state index contributed by atoms with van der Waals surface area (Å²) in [5.74, 6) is 0.560. The van der Waals surface area contributed by atoms with Gasteiger partial charge in [0.15, 0.2) is 0 Å². The Kier molecular flexibility index (Phi) is 6.01.